The van der Waals surface area contributed by atoms with E-state index >= 15 is 0 Å². The smallest absolute Gasteiger partial charge is 0.0729 e. The van der Waals surface area contributed by atoms with E-state index in [1.807, 2.05) is 13.0 Å². The first-order valence-corrected chi connectivity index (χ1v) is 5.05. The molecule has 0 aromatic carbocycles. The maximum absolute atomic E-state index is 5.90. The van der Waals surface area contributed by atoms with Crippen molar-refractivity contribution >= 4 is 0 Å². The second kappa shape index (κ2) is 4.25. The summed E-state index contributed by atoms with van der Waals surface area (Å²) in [6, 6.07) is 0. The van der Waals surface area contributed by atoms with Crippen molar-refractivity contribution in [1.82, 2.24) is 5.32 Å². The minimum Gasteiger partial charge on any atom is -0.371 e. The van der Waals surface area contributed by atoms with Crippen molar-refractivity contribution in [3.63, 3.8) is 0 Å². The van der Waals surface area contributed by atoms with Crippen LogP contribution in [0, 0.1) is 5.41 Å². The van der Waals surface area contributed by atoms with Crippen LogP contribution in [-0.2, 0) is 4.74 Å². The molecule has 2 nitrogen and oxygen atoms in total. The van der Waals surface area contributed by atoms with E-state index in [1.165, 1.54) is 0 Å². The highest BCUT2D eigenvalue weighted by Crippen LogP contribution is 2.28. The first-order chi connectivity index (χ1) is 6.06. The van der Waals surface area contributed by atoms with Gasteiger partial charge in [0.05, 0.1) is 12.2 Å². The Bertz CT molecular complexity index is 177. The van der Waals surface area contributed by atoms with Gasteiger partial charge in [-0.1, -0.05) is 19.9 Å². The molecule has 1 heterocycles. The molecule has 1 aliphatic heterocycles. The highest BCUT2D eigenvalue weighted by molar-refractivity contribution is 4.88. The third-order valence-electron chi connectivity index (χ3n) is 2.75. The van der Waals surface area contributed by atoms with Crippen LogP contribution in [0.5, 0.6) is 0 Å². The zero-order valence-electron chi connectivity index (χ0n) is 8.97. The average molecular weight is 183 g/mol. The van der Waals surface area contributed by atoms with Gasteiger partial charge in [0.25, 0.3) is 0 Å². The molecule has 1 N–H and O–H groups in total. The minimum atomic E-state index is 0.169. The summed E-state index contributed by atoms with van der Waals surface area (Å²) in [4.78, 5) is 0. The van der Waals surface area contributed by atoms with Crippen LogP contribution in [0.15, 0.2) is 12.7 Å². The van der Waals surface area contributed by atoms with Gasteiger partial charge in [0, 0.05) is 12.0 Å². The molecule has 0 spiro atoms. The molecule has 1 aliphatic rings. The Kier molecular flexibility index (Phi) is 3.51. The van der Waals surface area contributed by atoms with E-state index in [-0.39, 0.29) is 11.5 Å². The number of hydrogen-bond donors (Lipinski definition) is 1. The van der Waals surface area contributed by atoms with E-state index < -0.39 is 0 Å². The predicted octanol–water partition coefficient (Wildman–Crippen LogP) is 1.97. The SMILES string of the molecule is C=CC(C)OC1CCNCC1(C)C. The van der Waals surface area contributed by atoms with Gasteiger partial charge >= 0.3 is 0 Å². The molecule has 2 heteroatoms. The summed E-state index contributed by atoms with van der Waals surface area (Å²) in [6.07, 6.45) is 3.49. The maximum Gasteiger partial charge on any atom is 0.0729 e. The van der Waals surface area contributed by atoms with Crippen molar-refractivity contribution < 1.29 is 4.74 Å². The van der Waals surface area contributed by atoms with Gasteiger partial charge in [0.2, 0.25) is 0 Å². The summed E-state index contributed by atoms with van der Waals surface area (Å²) in [6.45, 7) is 12.4. The van der Waals surface area contributed by atoms with E-state index in [0.717, 1.165) is 19.5 Å². The number of hydrogen-bond acceptors (Lipinski definition) is 2. The Hall–Kier alpha value is -0.340. The summed E-state index contributed by atoms with van der Waals surface area (Å²) in [5, 5.41) is 3.39. The topological polar surface area (TPSA) is 21.3 Å². The Labute approximate surface area is 81.4 Å². The summed E-state index contributed by atoms with van der Waals surface area (Å²) >= 11 is 0. The normalized spacial score (nSPS) is 29.6. The van der Waals surface area contributed by atoms with Crippen molar-refractivity contribution in [2.24, 2.45) is 5.41 Å². The van der Waals surface area contributed by atoms with Gasteiger partial charge in [0.1, 0.15) is 0 Å². The minimum absolute atomic E-state index is 0.169. The molecule has 1 saturated heterocycles. The lowest BCUT2D eigenvalue weighted by molar-refractivity contribution is -0.0626. The van der Waals surface area contributed by atoms with E-state index in [1.54, 1.807) is 0 Å². The molecule has 0 saturated carbocycles. The Balaban J connectivity index is 2.50. The second-order valence-electron chi connectivity index (χ2n) is 4.52. The van der Waals surface area contributed by atoms with Crippen molar-refractivity contribution in [3.05, 3.63) is 12.7 Å². The monoisotopic (exact) mass is 183 g/mol. The first-order valence-electron chi connectivity index (χ1n) is 5.05. The molecular formula is C11H21NO. The highest BCUT2D eigenvalue weighted by atomic mass is 16.5. The van der Waals surface area contributed by atoms with E-state index in [4.69, 9.17) is 4.74 Å². The zero-order chi connectivity index (χ0) is 9.90. The molecule has 0 aromatic heterocycles. The fourth-order valence-electron chi connectivity index (χ4n) is 1.72. The Morgan fingerprint density at radius 3 is 2.85 bits per heavy atom. The lowest BCUT2D eigenvalue weighted by atomic mass is 9.82. The zero-order valence-corrected chi connectivity index (χ0v) is 8.97. The molecule has 76 valence electrons. The predicted molar refractivity (Wildman–Crippen MR) is 55.8 cm³/mol. The summed E-state index contributed by atoms with van der Waals surface area (Å²) in [5.74, 6) is 0. The van der Waals surface area contributed by atoms with Crippen LogP contribution in [-0.4, -0.2) is 25.3 Å². The largest absolute Gasteiger partial charge is 0.371 e. The fourth-order valence-corrected chi connectivity index (χ4v) is 1.72. The van der Waals surface area contributed by atoms with Gasteiger partial charge in [-0.3, -0.25) is 0 Å². The van der Waals surface area contributed by atoms with E-state index in [2.05, 4.69) is 25.7 Å². The third kappa shape index (κ3) is 2.82. The van der Waals surface area contributed by atoms with Gasteiger partial charge in [-0.15, -0.1) is 6.58 Å². The van der Waals surface area contributed by atoms with Gasteiger partial charge in [-0.25, -0.2) is 0 Å². The van der Waals surface area contributed by atoms with Gasteiger partial charge < -0.3 is 10.1 Å². The first kappa shape index (κ1) is 10.7. The molecular weight excluding hydrogens is 162 g/mol. The van der Waals surface area contributed by atoms with E-state index in [9.17, 15) is 0 Å². The maximum atomic E-state index is 5.90. The lowest BCUT2D eigenvalue weighted by Gasteiger charge is -2.39. The lowest BCUT2D eigenvalue weighted by Crippen LogP contribution is -2.48. The summed E-state index contributed by atoms with van der Waals surface area (Å²) in [5.41, 5.74) is 0.246. The molecule has 1 rings (SSSR count). The van der Waals surface area contributed by atoms with Crippen LogP contribution >= 0.6 is 0 Å². The Morgan fingerprint density at radius 1 is 1.62 bits per heavy atom. The van der Waals surface area contributed by atoms with Crippen LogP contribution in [0.3, 0.4) is 0 Å². The number of rotatable bonds is 3. The molecule has 13 heavy (non-hydrogen) atoms. The molecule has 0 bridgehead atoms. The van der Waals surface area contributed by atoms with Crippen molar-refractivity contribution in [3.8, 4) is 0 Å². The van der Waals surface area contributed by atoms with Gasteiger partial charge in [-0.2, -0.15) is 0 Å². The van der Waals surface area contributed by atoms with Crippen molar-refractivity contribution in [2.45, 2.75) is 39.4 Å². The summed E-state index contributed by atoms with van der Waals surface area (Å²) in [7, 11) is 0. The Morgan fingerprint density at radius 2 is 2.31 bits per heavy atom. The molecule has 2 atom stereocenters. The standard InChI is InChI=1S/C11H21NO/c1-5-9(2)13-10-6-7-12-8-11(10,3)4/h5,9-10,12H,1,6-8H2,2-4H3. The quantitative estimate of drug-likeness (QED) is 0.675. The average Bonchev–Trinajstić information content (AvgIpc) is 2.08. The third-order valence-corrected chi connectivity index (χ3v) is 2.75. The molecule has 2 unspecified atom stereocenters. The molecule has 0 radical (unpaired) electrons. The van der Waals surface area contributed by atoms with E-state index in [0.29, 0.717) is 6.10 Å². The van der Waals surface area contributed by atoms with Crippen LogP contribution in [0.4, 0.5) is 0 Å². The van der Waals surface area contributed by atoms with Crippen LogP contribution in [0.25, 0.3) is 0 Å². The van der Waals surface area contributed by atoms with Crippen molar-refractivity contribution in [1.29, 1.82) is 0 Å². The highest BCUT2D eigenvalue weighted by Gasteiger charge is 2.33. The molecule has 0 aromatic rings. The number of ether oxygens (including phenoxy) is 1. The van der Waals surface area contributed by atoms with Crippen LogP contribution in [0.1, 0.15) is 27.2 Å². The fraction of sp³-hybridized carbons (Fsp3) is 0.818. The molecule has 1 fully saturated rings. The van der Waals surface area contributed by atoms with Crippen LogP contribution < -0.4 is 5.32 Å². The number of nitrogens with one attached hydrogen (secondary N) is 1. The van der Waals surface area contributed by atoms with Crippen molar-refractivity contribution in [2.75, 3.05) is 13.1 Å². The van der Waals surface area contributed by atoms with Crippen LogP contribution in [0.2, 0.25) is 0 Å². The second-order valence-corrected chi connectivity index (χ2v) is 4.52. The molecule has 0 aliphatic carbocycles. The molecule has 0 amide bonds. The van der Waals surface area contributed by atoms with Gasteiger partial charge in [0.15, 0.2) is 0 Å². The van der Waals surface area contributed by atoms with Gasteiger partial charge in [-0.05, 0) is 19.9 Å². The summed E-state index contributed by atoms with van der Waals surface area (Å²) < 4.78 is 5.90. The number of piperidine rings is 1.